The number of non-ortho nitro benzene ring substituents is 1. The van der Waals surface area contributed by atoms with E-state index >= 15 is 0 Å². The van der Waals surface area contributed by atoms with E-state index in [0.717, 1.165) is 4.88 Å². The van der Waals surface area contributed by atoms with Crippen LogP contribution in [0.2, 0.25) is 0 Å². The number of unbranched alkanes of at least 4 members (excludes halogenated alkanes) is 1. The lowest BCUT2D eigenvalue weighted by molar-refractivity contribution is -0.384. The third-order valence-corrected chi connectivity index (χ3v) is 7.83. The molecule has 0 radical (unpaired) electrons. The number of anilines is 1. The molecule has 0 fully saturated rings. The number of carbonyl (C=O) groups excluding carboxylic acids is 4. The number of rotatable bonds is 16. The molecule has 2 N–H and O–H groups in total. The molecule has 0 aliphatic carbocycles. The number of alkyl carbamates (subject to hydrolysis) is 1. The monoisotopic (exact) mass is 667 g/mol. The number of benzene rings is 2. The molecule has 0 aliphatic heterocycles. The Bertz CT molecular complexity index is 1480. The van der Waals surface area contributed by atoms with Gasteiger partial charge in [-0.05, 0) is 81.3 Å². The molecule has 2 aromatic carbocycles. The summed E-state index contributed by atoms with van der Waals surface area (Å²) in [5, 5.41) is 18.3. The fourth-order valence-electron chi connectivity index (χ4n) is 4.47. The number of nitrogens with zero attached hydrogens (tertiary/aromatic N) is 1. The fraction of sp³-hybridized carbons (Fsp3) is 0.412. The van der Waals surface area contributed by atoms with Crippen molar-refractivity contribution in [3.63, 3.8) is 0 Å². The van der Waals surface area contributed by atoms with Crippen molar-refractivity contribution in [3.05, 3.63) is 86.6 Å². The van der Waals surface area contributed by atoms with Gasteiger partial charge in [-0.25, -0.2) is 9.59 Å². The fourth-order valence-corrected chi connectivity index (χ4v) is 5.30. The minimum atomic E-state index is -0.974. The van der Waals surface area contributed by atoms with Crippen LogP contribution in [0.5, 0.6) is 5.75 Å². The van der Waals surface area contributed by atoms with Crippen LogP contribution in [0.25, 0.3) is 0 Å². The van der Waals surface area contributed by atoms with Gasteiger partial charge in [0.2, 0.25) is 5.91 Å². The van der Waals surface area contributed by atoms with Crippen LogP contribution in [0.4, 0.5) is 21.0 Å². The summed E-state index contributed by atoms with van der Waals surface area (Å²) in [5.74, 6) is -0.959. The molecule has 2 amide bonds. The predicted molar refractivity (Wildman–Crippen MR) is 177 cm³/mol. The Morgan fingerprint density at radius 3 is 2.30 bits per heavy atom. The van der Waals surface area contributed by atoms with E-state index in [2.05, 4.69) is 10.6 Å². The van der Waals surface area contributed by atoms with Gasteiger partial charge in [0.1, 0.15) is 23.7 Å². The zero-order valence-corrected chi connectivity index (χ0v) is 27.8. The number of hydrogen-bond donors (Lipinski definition) is 2. The highest BCUT2D eigenvalue weighted by molar-refractivity contribution is 7.09. The Morgan fingerprint density at radius 1 is 0.979 bits per heavy atom. The maximum atomic E-state index is 13.4. The standard InChI is InChI=1S/C34H41N3O9S/c1-23(20-29-9-7-19-47-29)30(38)21-25(8-5-6-18-35-32(40)46-34(2,3)4)31(39)36-26-12-10-24(11-13-26)22-44-33(41)45-28-16-14-27(15-17-28)37(42)43/h7,9-17,19,23,25H,5-6,8,18,20-22H2,1-4H3,(H,35,40)(H,36,39)/t23-,25+/m0/s1. The zero-order chi connectivity index (χ0) is 34.4. The lowest BCUT2D eigenvalue weighted by Crippen LogP contribution is -2.33. The minimum absolute atomic E-state index is 0.0125. The van der Waals surface area contributed by atoms with Gasteiger partial charge in [0, 0.05) is 47.5 Å². The molecule has 252 valence electrons. The van der Waals surface area contributed by atoms with Gasteiger partial charge in [0.05, 0.1) is 4.92 Å². The topological polar surface area (TPSA) is 163 Å². The maximum Gasteiger partial charge on any atom is 0.514 e. The van der Waals surface area contributed by atoms with E-state index in [9.17, 15) is 29.3 Å². The lowest BCUT2D eigenvalue weighted by Gasteiger charge is -2.20. The van der Waals surface area contributed by atoms with Crippen LogP contribution in [0.15, 0.2) is 66.0 Å². The normalized spacial score (nSPS) is 12.3. The van der Waals surface area contributed by atoms with Crippen LogP contribution in [-0.2, 0) is 32.1 Å². The third-order valence-electron chi connectivity index (χ3n) is 6.93. The summed E-state index contributed by atoms with van der Waals surface area (Å²) in [6.45, 7) is 7.53. The summed E-state index contributed by atoms with van der Waals surface area (Å²) >= 11 is 1.60. The number of ether oxygens (including phenoxy) is 3. The second kappa shape index (κ2) is 17.8. The van der Waals surface area contributed by atoms with Crippen LogP contribution in [0.1, 0.15) is 63.8 Å². The molecule has 0 bridgehead atoms. The van der Waals surface area contributed by atoms with Crippen LogP contribution >= 0.6 is 11.3 Å². The summed E-state index contributed by atoms with van der Waals surface area (Å²) in [5.41, 5.74) is 0.423. The van der Waals surface area contributed by atoms with E-state index in [-0.39, 0.29) is 42.1 Å². The first-order chi connectivity index (χ1) is 22.3. The molecule has 47 heavy (non-hydrogen) atoms. The van der Waals surface area contributed by atoms with E-state index in [0.29, 0.717) is 43.5 Å². The van der Waals surface area contributed by atoms with Crippen LogP contribution in [-0.4, -0.2) is 41.0 Å². The second-order valence-corrected chi connectivity index (χ2v) is 13.1. The number of Topliss-reactive ketones (excluding diaryl/α,β-unsaturated/α-hetero) is 1. The van der Waals surface area contributed by atoms with Gasteiger partial charge in [0.15, 0.2) is 0 Å². The van der Waals surface area contributed by atoms with Crippen molar-refractivity contribution in [3.8, 4) is 5.75 Å². The first-order valence-corrected chi connectivity index (χ1v) is 16.2. The minimum Gasteiger partial charge on any atom is -0.444 e. The number of nitro groups is 1. The largest absolute Gasteiger partial charge is 0.514 e. The van der Waals surface area contributed by atoms with Crippen molar-refractivity contribution in [1.29, 1.82) is 0 Å². The van der Waals surface area contributed by atoms with Crippen LogP contribution in [0, 0.1) is 22.0 Å². The molecule has 3 aromatic rings. The number of carbonyl (C=O) groups is 4. The van der Waals surface area contributed by atoms with Crippen molar-refractivity contribution in [1.82, 2.24) is 5.32 Å². The SMILES string of the molecule is C[C@@H](Cc1cccs1)C(=O)C[C@@H](CCCCNC(=O)OC(C)(C)C)C(=O)Nc1ccc(COC(=O)Oc2ccc([N+](=O)[O-])cc2)cc1. The first-order valence-electron chi connectivity index (χ1n) is 15.3. The van der Waals surface area contributed by atoms with Gasteiger partial charge in [-0.1, -0.05) is 31.5 Å². The Balaban J connectivity index is 1.52. The molecular formula is C34H41N3O9S. The van der Waals surface area contributed by atoms with Crippen LogP contribution < -0.4 is 15.4 Å². The average molecular weight is 668 g/mol. The predicted octanol–water partition coefficient (Wildman–Crippen LogP) is 7.46. The molecule has 0 spiro atoms. The van der Waals surface area contributed by atoms with Gasteiger partial charge in [-0.2, -0.15) is 0 Å². The Morgan fingerprint density at radius 2 is 1.68 bits per heavy atom. The molecule has 13 heteroatoms. The smallest absolute Gasteiger partial charge is 0.444 e. The van der Waals surface area contributed by atoms with Crippen molar-refractivity contribution >= 4 is 46.7 Å². The van der Waals surface area contributed by atoms with E-state index < -0.39 is 28.7 Å². The van der Waals surface area contributed by atoms with Gasteiger partial charge in [-0.3, -0.25) is 19.7 Å². The molecule has 12 nitrogen and oxygen atoms in total. The third kappa shape index (κ3) is 13.6. The number of ketones is 1. The van der Waals surface area contributed by atoms with Gasteiger partial charge in [-0.15, -0.1) is 11.3 Å². The highest BCUT2D eigenvalue weighted by atomic mass is 32.1. The number of nitro benzene ring substituents is 1. The summed E-state index contributed by atoms with van der Waals surface area (Å²) in [6, 6.07) is 15.7. The van der Waals surface area contributed by atoms with Gasteiger partial charge in [0.25, 0.3) is 5.69 Å². The molecule has 0 saturated heterocycles. The molecule has 0 aliphatic rings. The Labute approximate surface area is 277 Å². The quantitative estimate of drug-likeness (QED) is 0.0519. The number of nitrogens with one attached hydrogen (secondary N) is 2. The molecule has 1 heterocycles. The summed E-state index contributed by atoms with van der Waals surface area (Å²) in [6.07, 6.45) is 0.937. The van der Waals surface area contributed by atoms with Crippen molar-refractivity contribution in [2.45, 2.75) is 72.0 Å². The van der Waals surface area contributed by atoms with E-state index in [1.165, 1.54) is 24.3 Å². The highest BCUT2D eigenvalue weighted by Gasteiger charge is 2.25. The summed E-state index contributed by atoms with van der Waals surface area (Å²) < 4.78 is 15.4. The first kappa shape index (κ1) is 36.7. The number of thiophene rings is 1. The van der Waals surface area contributed by atoms with E-state index in [4.69, 9.17) is 14.2 Å². The number of amides is 2. The molecular weight excluding hydrogens is 626 g/mol. The average Bonchev–Trinajstić information content (AvgIpc) is 3.52. The molecule has 0 saturated carbocycles. The van der Waals surface area contributed by atoms with Crippen molar-refractivity contribution in [2.24, 2.45) is 11.8 Å². The second-order valence-electron chi connectivity index (χ2n) is 12.1. The Hall–Kier alpha value is -4.78. The molecule has 3 rings (SSSR count). The number of hydrogen-bond acceptors (Lipinski definition) is 10. The molecule has 2 atom stereocenters. The highest BCUT2D eigenvalue weighted by Crippen LogP contribution is 2.23. The van der Waals surface area contributed by atoms with Gasteiger partial charge >= 0.3 is 12.2 Å². The van der Waals surface area contributed by atoms with E-state index in [1.54, 1.807) is 56.4 Å². The van der Waals surface area contributed by atoms with Crippen molar-refractivity contribution in [2.75, 3.05) is 11.9 Å². The van der Waals surface area contributed by atoms with Gasteiger partial charge < -0.3 is 24.8 Å². The Kier molecular flexibility index (Phi) is 13.9. The summed E-state index contributed by atoms with van der Waals surface area (Å²) in [4.78, 5) is 61.8. The molecule has 0 unspecified atom stereocenters. The van der Waals surface area contributed by atoms with Crippen LogP contribution in [0.3, 0.4) is 0 Å². The van der Waals surface area contributed by atoms with E-state index in [1.807, 2.05) is 24.4 Å². The molecule has 1 aromatic heterocycles. The van der Waals surface area contributed by atoms with Crippen molar-refractivity contribution < 1.29 is 38.3 Å². The lowest BCUT2D eigenvalue weighted by atomic mass is 9.89. The summed E-state index contributed by atoms with van der Waals surface area (Å²) in [7, 11) is 0. The maximum absolute atomic E-state index is 13.4. The zero-order valence-electron chi connectivity index (χ0n) is 27.0.